The van der Waals surface area contributed by atoms with Crippen LogP contribution in [0, 0.1) is 5.92 Å². The zero-order valence-corrected chi connectivity index (χ0v) is 14.6. The van der Waals surface area contributed by atoms with E-state index in [1.807, 2.05) is 32.3 Å². The molecule has 0 spiro atoms. The molecule has 1 aromatic heterocycles. The van der Waals surface area contributed by atoms with Gasteiger partial charge in [-0.15, -0.1) is 11.3 Å². The van der Waals surface area contributed by atoms with Gasteiger partial charge in [-0.25, -0.2) is 4.79 Å². The first-order valence-electron chi connectivity index (χ1n) is 7.73. The van der Waals surface area contributed by atoms with Crippen LogP contribution in [0.5, 0.6) is 0 Å². The summed E-state index contributed by atoms with van der Waals surface area (Å²) in [4.78, 5) is 15.2. The lowest BCUT2D eigenvalue weighted by Gasteiger charge is -2.28. The van der Waals surface area contributed by atoms with E-state index in [1.165, 1.54) is 4.88 Å². The van der Waals surface area contributed by atoms with E-state index in [4.69, 9.17) is 9.47 Å². The van der Waals surface area contributed by atoms with Crippen LogP contribution in [0.15, 0.2) is 17.5 Å². The van der Waals surface area contributed by atoms with Crippen molar-refractivity contribution in [1.29, 1.82) is 0 Å². The van der Waals surface area contributed by atoms with Crippen LogP contribution in [0.2, 0.25) is 0 Å². The van der Waals surface area contributed by atoms with E-state index in [-0.39, 0.29) is 18.0 Å². The molecule has 124 valence electrons. The predicted octanol–water partition coefficient (Wildman–Crippen LogP) is 3.24. The smallest absolute Gasteiger partial charge is 0.317 e. The molecular weight excluding hydrogens is 300 g/mol. The van der Waals surface area contributed by atoms with E-state index in [2.05, 4.69) is 18.3 Å². The number of amides is 2. The van der Waals surface area contributed by atoms with Gasteiger partial charge in [-0.2, -0.15) is 0 Å². The number of hydrogen-bond donors (Lipinski definition) is 1. The highest BCUT2D eigenvalue weighted by molar-refractivity contribution is 7.10. The highest BCUT2D eigenvalue weighted by Crippen LogP contribution is 2.26. The molecule has 1 saturated heterocycles. The number of thiophene rings is 1. The van der Waals surface area contributed by atoms with Gasteiger partial charge in [-0.05, 0) is 31.2 Å². The largest absolute Gasteiger partial charge is 0.348 e. The van der Waals surface area contributed by atoms with E-state index in [0.29, 0.717) is 19.8 Å². The first kappa shape index (κ1) is 17.2. The molecule has 2 rings (SSSR count). The Morgan fingerprint density at radius 1 is 1.45 bits per heavy atom. The number of carbonyl (C=O) groups excluding carboxylic acids is 1. The molecule has 0 radical (unpaired) electrons. The number of hydrogen-bond acceptors (Lipinski definition) is 4. The van der Waals surface area contributed by atoms with Gasteiger partial charge in [0.15, 0.2) is 5.79 Å². The van der Waals surface area contributed by atoms with Gasteiger partial charge in [0.25, 0.3) is 0 Å². The third-order valence-electron chi connectivity index (χ3n) is 4.08. The summed E-state index contributed by atoms with van der Waals surface area (Å²) < 4.78 is 11.2. The number of nitrogens with one attached hydrogen (secondary N) is 1. The molecule has 2 amide bonds. The summed E-state index contributed by atoms with van der Waals surface area (Å²) in [7, 11) is 1.83. The molecule has 1 aliphatic rings. The molecule has 0 aliphatic carbocycles. The van der Waals surface area contributed by atoms with Crippen LogP contribution < -0.4 is 5.32 Å². The molecule has 0 bridgehead atoms. The normalized spacial score (nSPS) is 19.6. The minimum Gasteiger partial charge on any atom is -0.348 e. The zero-order chi connectivity index (χ0) is 16.2. The summed E-state index contributed by atoms with van der Waals surface area (Å²) in [5.74, 6) is -0.210. The van der Waals surface area contributed by atoms with Crippen molar-refractivity contribution in [3.8, 4) is 0 Å². The summed E-state index contributed by atoms with van der Waals surface area (Å²) in [6, 6.07) is 4.09. The Labute approximate surface area is 136 Å². The Bertz CT molecular complexity index is 472. The van der Waals surface area contributed by atoms with Crippen molar-refractivity contribution < 1.29 is 14.3 Å². The van der Waals surface area contributed by atoms with Crippen LogP contribution in [-0.2, 0) is 9.47 Å². The maximum Gasteiger partial charge on any atom is 0.317 e. The van der Waals surface area contributed by atoms with Gasteiger partial charge in [0.05, 0.1) is 19.3 Å². The lowest BCUT2D eigenvalue weighted by molar-refractivity contribution is -0.153. The van der Waals surface area contributed by atoms with E-state index in [9.17, 15) is 4.79 Å². The van der Waals surface area contributed by atoms with Crippen molar-refractivity contribution in [2.24, 2.45) is 5.92 Å². The topological polar surface area (TPSA) is 50.8 Å². The predicted molar refractivity (Wildman–Crippen MR) is 88.0 cm³/mol. The average molecular weight is 326 g/mol. The standard InChI is InChI=1S/C16H26N2O3S/c1-12(10-16(3)20-7-8-21-16)11-17-15(19)18(4)13(2)14-6-5-9-22-14/h5-6,9,12-13H,7-8,10-11H2,1-4H3,(H,17,19)/t12-,13+/m0/s1. The molecule has 1 N–H and O–H groups in total. The van der Waals surface area contributed by atoms with Crippen LogP contribution in [0.3, 0.4) is 0 Å². The van der Waals surface area contributed by atoms with Gasteiger partial charge in [-0.3, -0.25) is 0 Å². The molecule has 0 saturated carbocycles. The molecule has 1 fully saturated rings. The van der Waals surface area contributed by atoms with Crippen LogP contribution >= 0.6 is 11.3 Å². The van der Waals surface area contributed by atoms with Crippen molar-refractivity contribution in [3.05, 3.63) is 22.4 Å². The first-order valence-corrected chi connectivity index (χ1v) is 8.61. The quantitative estimate of drug-likeness (QED) is 0.873. The highest BCUT2D eigenvalue weighted by Gasteiger charge is 2.32. The Morgan fingerprint density at radius 3 is 2.73 bits per heavy atom. The molecular formula is C16H26N2O3S. The van der Waals surface area contributed by atoms with Gasteiger partial charge in [0, 0.05) is 24.9 Å². The molecule has 5 nitrogen and oxygen atoms in total. The lowest BCUT2D eigenvalue weighted by atomic mass is 10.0. The number of carbonyl (C=O) groups is 1. The van der Waals surface area contributed by atoms with E-state index in [0.717, 1.165) is 6.42 Å². The monoisotopic (exact) mass is 326 g/mol. The molecule has 22 heavy (non-hydrogen) atoms. The summed E-state index contributed by atoms with van der Waals surface area (Å²) in [6.45, 7) is 8.01. The third kappa shape index (κ3) is 4.44. The van der Waals surface area contributed by atoms with Crippen molar-refractivity contribution in [3.63, 3.8) is 0 Å². The van der Waals surface area contributed by atoms with Gasteiger partial charge >= 0.3 is 6.03 Å². The average Bonchev–Trinajstić information content (AvgIpc) is 3.14. The second-order valence-corrected chi connectivity index (χ2v) is 7.11. The fraction of sp³-hybridized carbons (Fsp3) is 0.688. The van der Waals surface area contributed by atoms with E-state index < -0.39 is 5.79 Å². The van der Waals surface area contributed by atoms with Gasteiger partial charge < -0.3 is 19.7 Å². The Balaban J connectivity index is 1.76. The fourth-order valence-corrected chi connectivity index (χ4v) is 3.49. The molecule has 0 aromatic carbocycles. The molecule has 1 aromatic rings. The first-order chi connectivity index (χ1) is 10.4. The zero-order valence-electron chi connectivity index (χ0n) is 13.8. The maximum atomic E-state index is 12.3. The molecule has 6 heteroatoms. The van der Waals surface area contributed by atoms with Crippen LogP contribution in [-0.4, -0.2) is 43.5 Å². The summed E-state index contributed by atoms with van der Waals surface area (Å²) in [5.41, 5.74) is 0. The van der Waals surface area contributed by atoms with Crippen LogP contribution in [0.4, 0.5) is 4.79 Å². The lowest BCUT2D eigenvalue weighted by Crippen LogP contribution is -2.41. The second kappa shape index (κ2) is 7.44. The van der Waals surface area contributed by atoms with E-state index in [1.54, 1.807) is 16.2 Å². The van der Waals surface area contributed by atoms with Crippen LogP contribution in [0.1, 0.15) is 38.1 Å². The molecule has 2 atom stereocenters. The number of rotatable bonds is 6. The van der Waals surface area contributed by atoms with Crippen molar-refractivity contribution >= 4 is 17.4 Å². The Kier molecular flexibility index (Phi) is 5.83. The van der Waals surface area contributed by atoms with Gasteiger partial charge in [0.2, 0.25) is 0 Å². The number of ether oxygens (including phenoxy) is 2. The maximum absolute atomic E-state index is 12.3. The molecule has 0 unspecified atom stereocenters. The van der Waals surface area contributed by atoms with Crippen molar-refractivity contribution in [2.75, 3.05) is 26.8 Å². The summed E-state index contributed by atoms with van der Waals surface area (Å²) >= 11 is 1.67. The Morgan fingerprint density at radius 2 is 2.14 bits per heavy atom. The third-order valence-corrected chi connectivity index (χ3v) is 5.12. The van der Waals surface area contributed by atoms with Gasteiger partial charge in [0.1, 0.15) is 0 Å². The van der Waals surface area contributed by atoms with E-state index >= 15 is 0 Å². The molecule has 1 aliphatic heterocycles. The summed E-state index contributed by atoms with van der Waals surface area (Å²) in [5, 5.41) is 5.03. The van der Waals surface area contributed by atoms with Gasteiger partial charge in [-0.1, -0.05) is 13.0 Å². The number of urea groups is 1. The van der Waals surface area contributed by atoms with Crippen molar-refractivity contribution in [1.82, 2.24) is 10.2 Å². The second-order valence-electron chi connectivity index (χ2n) is 6.13. The fourth-order valence-electron chi connectivity index (χ4n) is 2.66. The summed E-state index contributed by atoms with van der Waals surface area (Å²) in [6.07, 6.45) is 0.775. The highest BCUT2D eigenvalue weighted by atomic mass is 32.1. The van der Waals surface area contributed by atoms with Crippen molar-refractivity contribution in [2.45, 2.75) is 39.0 Å². The minimum atomic E-state index is -0.500. The number of nitrogens with zero attached hydrogens (tertiary/aromatic N) is 1. The van der Waals surface area contributed by atoms with Crippen LogP contribution in [0.25, 0.3) is 0 Å². The Hall–Kier alpha value is -1.11. The molecule has 2 heterocycles. The SMILES string of the molecule is C[C@H](CNC(=O)N(C)[C@H](C)c1cccs1)CC1(C)OCCO1. The minimum absolute atomic E-state index is 0.0499.